The van der Waals surface area contributed by atoms with Gasteiger partial charge < -0.3 is 14.7 Å². The molecule has 0 unspecified atom stereocenters. The van der Waals surface area contributed by atoms with E-state index in [0.29, 0.717) is 30.9 Å². The molecule has 1 aromatic rings. The Morgan fingerprint density at radius 2 is 1.83 bits per heavy atom. The first-order chi connectivity index (χ1) is 14.5. The van der Waals surface area contributed by atoms with Gasteiger partial charge in [-0.1, -0.05) is 5.16 Å². The number of piperidine rings is 1. The number of nitrogens with one attached hydrogen (secondary N) is 1. The van der Waals surface area contributed by atoms with Crippen molar-refractivity contribution >= 4 is 15.9 Å². The highest BCUT2D eigenvalue weighted by Gasteiger charge is 2.46. The number of hydrogen-bond acceptors (Lipinski definition) is 6. The average molecular weight is 437 g/mol. The standard InChI is InChI=1S/C21H32N4O4S/c26-21(19-14-20(29-23-19)15-4-5-15)22-16-12-17-6-7-18(13-16)25(17)30(27,28)11-3-10-24-8-1-2-9-24/h14-18H,1-13H2,(H,22,26)/t16-,17+,18-. The Hall–Kier alpha value is -1.45. The topological polar surface area (TPSA) is 95.8 Å². The van der Waals surface area contributed by atoms with Gasteiger partial charge in [-0.3, -0.25) is 4.79 Å². The van der Waals surface area contributed by atoms with Gasteiger partial charge in [0.2, 0.25) is 10.0 Å². The van der Waals surface area contributed by atoms with Crippen LogP contribution in [0.4, 0.5) is 0 Å². The maximum absolute atomic E-state index is 13.0. The molecule has 2 bridgehead atoms. The Kier molecular flexibility index (Phi) is 5.62. The van der Waals surface area contributed by atoms with Crippen molar-refractivity contribution in [2.45, 2.75) is 81.8 Å². The minimum absolute atomic E-state index is 0.00479. The highest BCUT2D eigenvalue weighted by molar-refractivity contribution is 7.89. The minimum Gasteiger partial charge on any atom is -0.360 e. The number of hydrogen-bond donors (Lipinski definition) is 1. The van der Waals surface area contributed by atoms with E-state index in [2.05, 4.69) is 15.4 Å². The van der Waals surface area contributed by atoms with Crippen molar-refractivity contribution in [3.8, 4) is 0 Å². The number of carbonyl (C=O) groups is 1. The first kappa shape index (κ1) is 20.5. The average Bonchev–Trinajstić information content (AvgIpc) is 3.11. The van der Waals surface area contributed by atoms with Gasteiger partial charge in [0, 0.05) is 30.1 Å². The normalized spacial score (nSPS) is 30.1. The van der Waals surface area contributed by atoms with Crippen LogP contribution in [0.1, 0.15) is 80.0 Å². The van der Waals surface area contributed by atoms with Crippen LogP contribution in [0.3, 0.4) is 0 Å². The number of likely N-dealkylation sites (tertiary alicyclic amines) is 1. The third kappa shape index (κ3) is 4.29. The fourth-order valence-electron chi connectivity index (χ4n) is 5.50. The van der Waals surface area contributed by atoms with Gasteiger partial charge in [-0.2, -0.15) is 4.31 Å². The van der Waals surface area contributed by atoms with E-state index in [1.165, 1.54) is 12.8 Å². The maximum atomic E-state index is 13.0. The first-order valence-electron chi connectivity index (χ1n) is 11.5. The number of carbonyl (C=O) groups excluding carboxylic acids is 1. The van der Waals surface area contributed by atoms with Gasteiger partial charge in [0.05, 0.1) is 5.75 Å². The summed E-state index contributed by atoms with van der Waals surface area (Å²) in [7, 11) is -3.25. The first-order valence-corrected chi connectivity index (χ1v) is 13.1. The van der Waals surface area contributed by atoms with Gasteiger partial charge in [-0.15, -0.1) is 0 Å². The molecule has 166 valence electrons. The van der Waals surface area contributed by atoms with E-state index >= 15 is 0 Å². The fourth-order valence-corrected chi connectivity index (χ4v) is 7.50. The molecule has 1 aromatic heterocycles. The molecular formula is C21H32N4O4S. The lowest BCUT2D eigenvalue weighted by atomic mass is 9.99. The monoisotopic (exact) mass is 436 g/mol. The van der Waals surface area contributed by atoms with Crippen molar-refractivity contribution in [3.05, 3.63) is 17.5 Å². The van der Waals surface area contributed by atoms with Crippen LogP contribution >= 0.6 is 0 Å². The van der Waals surface area contributed by atoms with E-state index in [9.17, 15) is 13.2 Å². The van der Waals surface area contributed by atoms with Crippen molar-refractivity contribution in [2.24, 2.45) is 0 Å². The summed E-state index contributed by atoms with van der Waals surface area (Å²) < 4.78 is 33.1. The molecule has 5 rings (SSSR count). The molecule has 3 atom stereocenters. The van der Waals surface area contributed by atoms with Gasteiger partial charge in [0.25, 0.3) is 5.91 Å². The van der Waals surface area contributed by atoms with Gasteiger partial charge in [0.15, 0.2) is 5.69 Å². The summed E-state index contributed by atoms with van der Waals surface area (Å²) in [5.74, 6) is 1.25. The summed E-state index contributed by atoms with van der Waals surface area (Å²) in [5, 5.41) is 6.99. The van der Waals surface area contributed by atoms with Crippen molar-refractivity contribution in [1.82, 2.24) is 19.7 Å². The number of fused-ring (bicyclic) bond motifs is 2. The predicted molar refractivity (Wildman–Crippen MR) is 112 cm³/mol. The Bertz CT molecular complexity index is 861. The van der Waals surface area contributed by atoms with E-state index < -0.39 is 10.0 Å². The Balaban J connectivity index is 1.15. The van der Waals surface area contributed by atoms with Gasteiger partial charge in [-0.05, 0) is 77.4 Å². The number of nitrogens with zero attached hydrogens (tertiary/aromatic N) is 3. The van der Waals surface area contributed by atoms with Crippen LogP contribution in [-0.4, -0.2) is 72.2 Å². The van der Waals surface area contributed by atoms with E-state index in [-0.39, 0.29) is 29.8 Å². The van der Waals surface area contributed by atoms with Crippen LogP contribution in [0.15, 0.2) is 10.6 Å². The SMILES string of the molecule is O=C(N[C@H]1C[C@H]2CC[C@@H](C1)N2S(=O)(=O)CCCN1CCCC1)c1cc(C2CC2)on1. The number of aromatic nitrogens is 1. The second-order valence-corrected chi connectivity index (χ2v) is 11.5. The lowest BCUT2D eigenvalue weighted by Gasteiger charge is -2.38. The highest BCUT2D eigenvalue weighted by Crippen LogP contribution is 2.40. The molecule has 3 saturated heterocycles. The van der Waals surface area contributed by atoms with E-state index in [1.54, 1.807) is 10.4 Å². The van der Waals surface area contributed by atoms with Crippen LogP contribution in [0, 0.1) is 0 Å². The zero-order valence-electron chi connectivity index (χ0n) is 17.5. The molecule has 30 heavy (non-hydrogen) atoms. The van der Waals surface area contributed by atoms with Gasteiger partial charge in [-0.25, -0.2) is 8.42 Å². The van der Waals surface area contributed by atoms with E-state index in [0.717, 1.165) is 51.1 Å². The molecule has 1 N–H and O–H groups in total. The van der Waals surface area contributed by atoms with Gasteiger partial charge in [0.1, 0.15) is 5.76 Å². The zero-order valence-corrected chi connectivity index (χ0v) is 18.3. The fraction of sp³-hybridized carbons (Fsp3) is 0.810. The summed E-state index contributed by atoms with van der Waals surface area (Å²) >= 11 is 0. The second kappa shape index (κ2) is 8.24. The zero-order chi connectivity index (χ0) is 20.7. The van der Waals surface area contributed by atoms with Gasteiger partial charge >= 0.3 is 0 Å². The molecular weight excluding hydrogens is 404 g/mol. The molecule has 8 nitrogen and oxygen atoms in total. The van der Waals surface area contributed by atoms with Crippen molar-refractivity contribution in [2.75, 3.05) is 25.4 Å². The van der Waals surface area contributed by atoms with Crippen LogP contribution in [0.5, 0.6) is 0 Å². The molecule has 1 amide bonds. The lowest BCUT2D eigenvalue weighted by molar-refractivity contribution is 0.0900. The smallest absolute Gasteiger partial charge is 0.273 e. The molecule has 4 fully saturated rings. The van der Waals surface area contributed by atoms with Crippen LogP contribution in [0.2, 0.25) is 0 Å². The lowest BCUT2D eigenvalue weighted by Crippen LogP contribution is -2.53. The van der Waals surface area contributed by atoms with Crippen molar-refractivity contribution in [3.63, 3.8) is 0 Å². The molecule has 0 spiro atoms. The summed E-state index contributed by atoms with van der Waals surface area (Å²) in [4.78, 5) is 14.9. The third-order valence-corrected chi connectivity index (χ3v) is 9.18. The molecule has 4 heterocycles. The van der Waals surface area contributed by atoms with Crippen molar-refractivity contribution < 1.29 is 17.7 Å². The number of sulfonamides is 1. The molecule has 0 aromatic carbocycles. The molecule has 4 aliphatic rings. The summed E-state index contributed by atoms with van der Waals surface area (Å²) in [6.07, 6.45) is 8.50. The number of amides is 1. The molecule has 0 radical (unpaired) electrons. The third-order valence-electron chi connectivity index (χ3n) is 7.14. The Labute approximate surface area is 178 Å². The molecule has 1 aliphatic carbocycles. The summed E-state index contributed by atoms with van der Waals surface area (Å²) in [6.45, 7) is 3.08. The Morgan fingerprint density at radius 3 is 2.50 bits per heavy atom. The molecule has 3 aliphatic heterocycles. The highest BCUT2D eigenvalue weighted by atomic mass is 32.2. The van der Waals surface area contributed by atoms with Crippen molar-refractivity contribution in [1.29, 1.82) is 0 Å². The molecule has 9 heteroatoms. The van der Waals surface area contributed by atoms with Crippen LogP contribution < -0.4 is 5.32 Å². The van der Waals surface area contributed by atoms with Crippen LogP contribution in [0.25, 0.3) is 0 Å². The predicted octanol–water partition coefficient (Wildman–Crippen LogP) is 2.09. The van der Waals surface area contributed by atoms with E-state index in [4.69, 9.17) is 4.52 Å². The quantitative estimate of drug-likeness (QED) is 0.670. The summed E-state index contributed by atoms with van der Waals surface area (Å²) in [5.41, 5.74) is 0.334. The Morgan fingerprint density at radius 1 is 1.13 bits per heavy atom. The number of rotatable bonds is 8. The maximum Gasteiger partial charge on any atom is 0.273 e. The summed E-state index contributed by atoms with van der Waals surface area (Å²) in [6, 6.07) is 1.75. The van der Waals surface area contributed by atoms with E-state index in [1.807, 2.05) is 0 Å². The second-order valence-electron chi connectivity index (χ2n) is 9.46. The minimum atomic E-state index is -3.25. The van der Waals surface area contributed by atoms with Crippen LogP contribution in [-0.2, 0) is 10.0 Å². The molecule has 1 saturated carbocycles. The largest absolute Gasteiger partial charge is 0.360 e.